The highest BCUT2D eigenvalue weighted by atomic mass is 35.5. The Morgan fingerprint density at radius 2 is 1.60 bits per heavy atom. The van der Waals surface area contributed by atoms with Crippen molar-refractivity contribution in [3.8, 4) is 0 Å². The molecule has 0 saturated carbocycles. The van der Waals surface area contributed by atoms with Gasteiger partial charge in [0.25, 0.3) is 0 Å². The van der Waals surface area contributed by atoms with E-state index in [0.29, 0.717) is 51.8 Å². The molecule has 1 aromatic rings. The number of hydrogen-bond donors (Lipinski definition) is 2. The summed E-state index contributed by atoms with van der Waals surface area (Å²) < 4.78 is 0. The molecule has 0 atom stereocenters. The van der Waals surface area contributed by atoms with Crippen molar-refractivity contribution in [2.24, 2.45) is 5.92 Å². The predicted octanol–water partition coefficient (Wildman–Crippen LogP) is 4.44. The molecule has 1 aliphatic heterocycles. The molecule has 0 radical (unpaired) electrons. The van der Waals surface area contributed by atoms with Crippen LogP contribution in [0.25, 0.3) is 0 Å². The van der Waals surface area contributed by atoms with Crippen molar-refractivity contribution in [1.29, 1.82) is 0 Å². The minimum Gasteiger partial charge on any atom is -0.478 e. The fourth-order valence-corrected chi connectivity index (χ4v) is 3.60. The highest BCUT2D eigenvalue weighted by Gasteiger charge is 2.24. The van der Waals surface area contributed by atoms with E-state index in [1.165, 1.54) is 0 Å². The molecule has 166 valence electrons. The molecule has 1 aliphatic rings. The normalized spacial score (nSPS) is 14.8. The van der Waals surface area contributed by atoms with Gasteiger partial charge < -0.3 is 20.0 Å². The zero-order valence-corrected chi connectivity index (χ0v) is 19.0. The van der Waals surface area contributed by atoms with Gasteiger partial charge >= 0.3 is 11.9 Å². The Morgan fingerprint density at radius 1 is 1.07 bits per heavy atom. The molecule has 1 heterocycles. The number of amides is 1. The average molecular weight is 480 g/mol. The topological polar surface area (TPSA) is 98.2 Å². The van der Waals surface area contributed by atoms with Crippen LogP contribution in [0.15, 0.2) is 24.3 Å². The summed E-state index contributed by atoms with van der Waals surface area (Å²) >= 11 is 18.3. The molecule has 1 saturated heterocycles. The largest absolute Gasteiger partial charge is 0.478 e. The van der Waals surface area contributed by atoms with E-state index < -0.39 is 11.9 Å². The van der Waals surface area contributed by atoms with Gasteiger partial charge in [-0.3, -0.25) is 4.79 Å². The second kappa shape index (κ2) is 12.8. The van der Waals surface area contributed by atoms with E-state index in [2.05, 4.69) is 11.9 Å². The maximum absolute atomic E-state index is 12.7. The second-order valence-electron chi connectivity index (χ2n) is 6.79. The van der Waals surface area contributed by atoms with E-state index in [1.807, 2.05) is 6.92 Å². The molecule has 2 rings (SSSR count). The van der Waals surface area contributed by atoms with Gasteiger partial charge in [0.15, 0.2) is 0 Å². The molecule has 1 fully saturated rings. The van der Waals surface area contributed by atoms with E-state index in [0.717, 1.165) is 25.9 Å². The number of nitrogens with zero attached hydrogens (tertiary/aromatic N) is 2. The maximum atomic E-state index is 12.7. The Balaban J connectivity index is 0.000000479. The second-order valence-corrected chi connectivity index (χ2v) is 7.96. The van der Waals surface area contributed by atoms with E-state index in [9.17, 15) is 14.4 Å². The first-order chi connectivity index (χ1) is 14.1. The zero-order chi connectivity index (χ0) is 22.8. The van der Waals surface area contributed by atoms with Crippen molar-refractivity contribution >= 4 is 58.3 Å². The third-order valence-electron chi connectivity index (χ3n) is 4.59. The van der Waals surface area contributed by atoms with Gasteiger partial charge in [0.05, 0.1) is 20.8 Å². The summed E-state index contributed by atoms with van der Waals surface area (Å²) in [4.78, 5) is 35.8. The maximum Gasteiger partial charge on any atom is 0.328 e. The van der Waals surface area contributed by atoms with Crippen LogP contribution >= 0.6 is 34.8 Å². The number of carboxylic acid groups (broad SMARTS) is 2. The molecule has 1 amide bonds. The summed E-state index contributed by atoms with van der Waals surface area (Å²) in [7, 11) is 2.12. The molecule has 2 N–H and O–H groups in total. The summed E-state index contributed by atoms with van der Waals surface area (Å²) in [5.41, 5.74) is 0.636. The molecule has 30 heavy (non-hydrogen) atoms. The lowest BCUT2D eigenvalue weighted by atomic mass is 9.93. The highest BCUT2D eigenvalue weighted by Crippen LogP contribution is 2.38. The first-order valence-electron chi connectivity index (χ1n) is 9.33. The van der Waals surface area contributed by atoms with Crippen molar-refractivity contribution in [3.05, 3.63) is 39.4 Å². The molecule has 0 spiro atoms. The quantitative estimate of drug-likeness (QED) is 0.462. The van der Waals surface area contributed by atoms with E-state index in [4.69, 9.17) is 45.0 Å². The van der Waals surface area contributed by atoms with Crippen molar-refractivity contribution < 1.29 is 24.6 Å². The Bertz CT molecular complexity index is 777. The lowest BCUT2D eigenvalue weighted by Gasteiger charge is -2.30. The molecule has 0 bridgehead atoms. The molecular weight excluding hydrogens is 455 g/mol. The average Bonchev–Trinajstić information content (AvgIpc) is 2.69. The van der Waals surface area contributed by atoms with Gasteiger partial charge in [-0.2, -0.15) is 0 Å². The third-order valence-corrected chi connectivity index (χ3v) is 5.88. The van der Waals surface area contributed by atoms with Gasteiger partial charge in [0.2, 0.25) is 5.91 Å². The Morgan fingerprint density at radius 3 is 2.07 bits per heavy atom. The fraction of sp³-hybridized carbons (Fsp3) is 0.450. The van der Waals surface area contributed by atoms with Gasteiger partial charge in [0.1, 0.15) is 0 Å². The lowest BCUT2D eigenvalue weighted by molar-refractivity contribution is -0.134. The van der Waals surface area contributed by atoms with Crippen LogP contribution in [0.4, 0.5) is 5.69 Å². The number of piperidine rings is 1. The van der Waals surface area contributed by atoms with Crippen LogP contribution in [-0.4, -0.2) is 59.6 Å². The Labute approximate surface area is 190 Å². The molecule has 0 unspecified atom stereocenters. The van der Waals surface area contributed by atoms with Crippen LogP contribution < -0.4 is 4.90 Å². The number of carbonyl (C=O) groups excluding carboxylic acids is 1. The molecule has 0 aliphatic carbocycles. The molecule has 1 aromatic carbocycles. The molecule has 7 nitrogen and oxygen atoms in total. The number of carboxylic acids is 2. The van der Waals surface area contributed by atoms with E-state index in [1.54, 1.807) is 17.0 Å². The molecule has 10 heteroatoms. The number of hydrogen-bond acceptors (Lipinski definition) is 4. The van der Waals surface area contributed by atoms with Gasteiger partial charge in [0, 0.05) is 25.1 Å². The monoisotopic (exact) mass is 478 g/mol. The van der Waals surface area contributed by atoms with Crippen LogP contribution in [0, 0.1) is 5.92 Å². The number of carbonyl (C=O) groups is 3. The van der Waals surface area contributed by atoms with Crippen molar-refractivity contribution in [3.63, 3.8) is 0 Å². The van der Waals surface area contributed by atoms with Gasteiger partial charge in [-0.1, -0.05) is 34.8 Å². The lowest BCUT2D eigenvalue weighted by Crippen LogP contribution is -2.36. The molecular formula is C20H25Cl3N2O5. The number of likely N-dealkylation sites (tertiary alicyclic amines) is 1. The minimum atomic E-state index is -1.26. The predicted molar refractivity (Wildman–Crippen MR) is 119 cm³/mol. The summed E-state index contributed by atoms with van der Waals surface area (Å²) in [6.07, 6.45) is 3.80. The first kappa shape index (κ1) is 26.2. The van der Waals surface area contributed by atoms with E-state index in [-0.39, 0.29) is 5.91 Å². The van der Waals surface area contributed by atoms with Gasteiger partial charge in [-0.25, -0.2) is 9.59 Å². The summed E-state index contributed by atoms with van der Waals surface area (Å²) in [6.45, 7) is 4.60. The summed E-state index contributed by atoms with van der Waals surface area (Å²) in [6, 6.07) is 3.43. The van der Waals surface area contributed by atoms with Crippen LogP contribution in [-0.2, 0) is 14.4 Å². The number of rotatable bonds is 6. The van der Waals surface area contributed by atoms with Crippen LogP contribution in [0.5, 0.6) is 0 Å². The standard InChI is InChI=1S/C16H21Cl3N2O.C4H4O4/c1-3-21(13-5-4-12(17)15(18)16(13)19)14(22)10-11-6-8-20(2)9-7-11;5-3(6)1-2-4(7)8/h4-5,11H,3,6-10H2,1-2H3;1-2H,(H,5,6)(H,7,8)/b;2-1+. The van der Waals surface area contributed by atoms with Gasteiger partial charge in [-0.15, -0.1) is 0 Å². The number of halogens is 3. The van der Waals surface area contributed by atoms with Crippen molar-refractivity contribution in [2.75, 3.05) is 31.6 Å². The smallest absolute Gasteiger partial charge is 0.328 e. The summed E-state index contributed by atoms with van der Waals surface area (Å²) in [5, 5.41) is 16.7. The van der Waals surface area contributed by atoms with Crippen molar-refractivity contribution in [1.82, 2.24) is 4.90 Å². The molecule has 0 aromatic heterocycles. The fourth-order valence-electron chi connectivity index (χ4n) is 2.97. The summed E-state index contributed by atoms with van der Waals surface area (Å²) in [5.74, 6) is -1.98. The number of anilines is 1. The highest BCUT2D eigenvalue weighted by molar-refractivity contribution is 6.49. The third kappa shape index (κ3) is 8.52. The number of benzene rings is 1. The number of aliphatic carboxylic acids is 2. The van der Waals surface area contributed by atoms with Crippen LogP contribution in [0.2, 0.25) is 15.1 Å². The van der Waals surface area contributed by atoms with Crippen molar-refractivity contribution in [2.45, 2.75) is 26.2 Å². The van der Waals surface area contributed by atoms with Crippen LogP contribution in [0.3, 0.4) is 0 Å². The zero-order valence-electron chi connectivity index (χ0n) is 16.8. The first-order valence-corrected chi connectivity index (χ1v) is 10.5. The SMILES string of the molecule is CCN(C(=O)CC1CCN(C)CC1)c1ccc(Cl)c(Cl)c1Cl.O=C(O)/C=C/C(=O)O. The van der Waals surface area contributed by atoms with E-state index >= 15 is 0 Å². The minimum absolute atomic E-state index is 0.0948. The van der Waals surface area contributed by atoms with Gasteiger partial charge in [-0.05, 0) is 58.0 Å². The van der Waals surface area contributed by atoms with Crippen LogP contribution in [0.1, 0.15) is 26.2 Å². The Hall–Kier alpha value is -1.80. The Kier molecular flexibility index (Phi) is 11.2.